The summed E-state index contributed by atoms with van der Waals surface area (Å²) in [6.07, 6.45) is -4.39. The van der Waals surface area contributed by atoms with Gasteiger partial charge in [-0.25, -0.2) is 0 Å². The van der Waals surface area contributed by atoms with Crippen LogP contribution in [0.1, 0.15) is 24.0 Å². The Bertz CT molecular complexity index is 491. The highest BCUT2D eigenvalue weighted by Gasteiger charge is 2.58. The van der Waals surface area contributed by atoms with E-state index in [1.54, 1.807) is 0 Å². The minimum absolute atomic E-state index is 0.492. The lowest BCUT2D eigenvalue weighted by molar-refractivity contribution is -0.289. The van der Waals surface area contributed by atoms with Gasteiger partial charge in [0.05, 0.1) is 11.5 Å². The Balaban J connectivity index is 2.32. The SMILES string of the molecule is N#CC1(c2ccc(C(F)(F)C(F)(F)F)cc2)CC1. The predicted octanol–water partition coefficient (Wildman–Crippen LogP) is 3.90. The van der Waals surface area contributed by atoms with Gasteiger partial charge in [0.15, 0.2) is 0 Å². The molecule has 0 radical (unpaired) electrons. The van der Waals surface area contributed by atoms with E-state index in [1.165, 1.54) is 12.1 Å². The van der Waals surface area contributed by atoms with Crippen LogP contribution in [0.4, 0.5) is 22.0 Å². The zero-order chi connectivity index (χ0) is 13.6. The van der Waals surface area contributed by atoms with Gasteiger partial charge in [-0.3, -0.25) is 0 Å². The fourth-order valence-corrected chi connectivity index (χ4v) is 1.75. The maximum absolute atomic E-state index is 13.0. The lowest BCUT2D eigenvalue weighted by atomic mass is 9.95. The van der Waals surface area contributed by atoms with Crippen molar-refractivity contribution in [1.29, 1.82) is 5.26 Å². The third-order valence-corrected chi connectivity index (χ3v) is 3.12. The molecule has 0 aliphatic heterocycles. The molecule has 0 aromatic heterocycles. The van der Waals surface area contributed by atoms with Gasteiger partial charge in [-0.1, -0.05) is 24.3 Å². The summed E-state index contributed by atoms with van der Waals surface area (Å²) in [6, 6.07) is 5.86. The lowest BCUT2D eigenvalue weighted by Crippen LogP contribution is -2.33. The van der Waals surface area contributed by atoms with Gasteiger partial charge in [-0.05, 0) is 18.4 Å². The largest absolute Gasteiger partial charge is 0.458 e. The van der Waals surface area contributed by atoms with Gasteiger partial charge in [0, 0.05) is 5.56 Å². The van der Waals surface area contributed by atoms with Gasteiger partial charge >= 0.3 is 12.1 Å². The molecule has 96 valence electrons. The van der Waals surface area contributed by atoms with E-state index in [-0.39, 0.29) is 0 Å². The van der Waals surface area contributed by atoms with Gasteiger partial charge in [-0.2, -0.15) is 27.2 Å². The summed E-state index contributed by atoms with van der Waals surface area (Å²) >= 11 is 0. The Hall–Kier alpha value is -1.64. The van der Waals surface area contributed by atoms with Crippen molar-refractivity contribution in [2.75, 3.05) is 0 Å². The van der Waals surface area contributed by atoms with Crippen molar-refractivity contribution in [2.45, 2.75) is 30.4 Å². The Morgan fingerprint density at radius 1 is 1.00 bits per heavy atom. The zero-order valence-electron chi connectivity index (χ0n) is 9.06. The number of halogens is 5. The summed E-state index contributed by atoms with van der Waals surface area (Å²) in [6.45, 7) is 0. The number of alkyl halides is 5. The highest BCUT2D eigenvalue weighted by molar-refractivity contribution is 5.40. The first kappa shape index (κ1) is 12.8. The van der Waals surface area contributed by atoms with Crippen molar-refractivity contribution < 1.29 is 22.0 Å². The van der Waals surface area contributed by atoms with Crippen LogP contribution in [0.2, 0.25) is 0 Å². The topological polar surface area (TPSA) is 23.8 Å². The van der Waals surface area contributed by atoms with Gasteiger partial charge < -0.3 is 0 Å². The first-order chi connectivity index (χ1) is 8.23. The van der Waals surface area contributed by atoms with Crippen LogP contribution in [0.3, 0.4) is 0 Å². The highest BCUT2D eigenvalue weighted by atomic mass is 19.4. The summed E-state index contributed by atoms with van der Waals surface area (Å²) in [5, 5.41) is 8.89. The summed E-state index contributed by atoms with van der Waals surface area (Å²) in [4.78, 5) is 0. The van der Waals surface area contributed by atoms with Gasteiger partial charge in [-0.15, -0.1) is 0 Å². The average molecular weight is 261 g/mol. The Morgan fingerprint density at radius 2 is 1.50 bits per heavy atom. The van der Waals surface area contributed by atoms with Crippen molar-refractivity contribution in [3.8, 4) is 6.07 Å². The molecule has 1 aliphatic rings. The molecule has 0 amide bonds. The third kappa shape index (κ3) is 1.84. The molecule has 0 N–H and O–H groups in total. The number of rotatable bonds is 2. The van der Waals surface area contributed by atoms with Crippen LogP contribution in [0, 0.1) is 11.3 Å². The normalized spacial score (nSPS) is 18.2. The minimum atomic E-state index is -5.61. The number of nitriles is 1. The molecule has 0 saturated heterocycles. The van der Waals surface area contributed by atoms with Crippen LogP contribution < -0.4 is 0 Å². The molecule has 0 spiro atoms. The highest BCUT2D eigenvalue weighted by Crippen LogP contribution is 2.49. The molecular weight excluding hydrogens is 253 g/mol. The maximum atomic E-state index is 13.0. The van der Waals surface area contributed by atoms with E-state index in [2.05, 4.69) is 0 Å². The predicted molar refractivity (Wildman–Crippen MR) is 52.9 cm³/mol. The van der Waals surface area contributed by atoms with Crippen LogP contribution in [0.5, 0.6) is 0 Å². The number of nitrogens with zero attached hydrogens (tertiary/aromatic N) is 1. The summed E-state index contributed by atoms with van der Waals surface area (Å²) < 4.78 is 62.4. The molecule has 1 aromatic rings. The molecule has 1 fully saturated rings. The van der Waals surface area contributed by atoms with E-state index < -0.39 is 23.1 Å². The van der Waals surface area contributed by atoms with Gasteiger partial charge in [0.25, 0.3) is 0 Å². The molecule has 2 rings (SSSR count). The number of benzene rings is 1. The molecular formula is C12H8F5N. The number of hydrogen-bond acceptors (Lipinski definition) is 1. The van der Waals surface area contributed by atoms with E-state index >= 15 is 0 Å². The average Bonchev–Trinajstić information content (AvgIpc) is 3.08. The Kier molecular flexibility index (Phi) is 2.61. The second-order valence-electron chi connectivity index (χ2n) is 4.34. The zero-order valence-corrected chi connectivity index (χ0v) is 9.06. The lowest BCUT2D eigenvalue weighted by Gasteiger charge is -2.20. The van der Waals surface area contributed by atoms with E-state index in [9.17, 15) is 22.0 Å². The maximum Gasteiger partial charge on any atom is 0.458 e. The fourth-order valence-electron chi connectivity index (χ4n) is 1.75. The molecule has 0 atom stereocenters. The molecule has 0 heterocycles. The minimum Gasteiger partial charge on any atom is -0.197 e. The summed E-state index contributed by atoms with van der Waals surface area (Å²) in [7, 11) is 0. The van der Waals surface area contributed by atoms with Gasteiger partial charge in [0.1, 0.15) is 0 Å². The molecule has 0 unspecified atom stereocenters. The van der Waals surface area contributed by atoms with Crippen LogP contribution in [-0.4, -0.2) is 6.18 Å². The van der Waals surface area contributed by atoms with Crippen molar-refractivity contribution >= 4 is 0 Å². The molecule has 1 saturated carbocycles. The molecule has 1 nitrogen and oxygen atoms in total. The Morgan fingerprint density at radius 3 is 1.83 bits per heavy atom. The smallest absolute Gasteiger partial charge is 0.197 e. The van der Waals surface area contributed by atoms with E-state index in [0.717, 1.165) is 12.1 Å². The first-order valence-corrected chi connectivity index (χ1v) is 5.20. The van der Waals surface area contributed by atoms with Crippen LogP contribution >= 0.6 is 0 Å². The van der Waals surface area contributed by atoms with Crippen LogP contribution in [0.15, 0.2) is 24.3 Å². The van der Waals surface area contributed by atoms with Crippen molar-refractivity contribution in [3.05, 3.63) is 35.4 Å². The quantitative estimate of drug-likeness (QED) is 0.741. The molecule has 1 aliphatic carbocycles. The summed E-state index contributed by atoms with van der Waals surface area (Å²) in [5.41, 5.74) is -1.30. The first-order valence-electron chi connectivity index (χ1n) is 5.20. The molecule has 18 heavy (non-hydrogen) atoms. The van der Waals surface area contributed by atoms with E-state index in [4.69, 9.17) is 5.26 Å². The van der Waals surface area contributed by atoms with Crippen molar-refractivity contribution in [3.63, 3.8) is 0 Å². The molecule has 6 heteroatoms. The van der Waals surface area contributed by atoms with Crippen LogP contribution in [0.25, 0.3) is 0 Å². The summed E-state index contributed by atoms with van der Waals surface area (Å²) in [5.74, 6) is -4.87. The molecule has 1 aromatic carbocycles. The monoisotopic (exact) mass is 261 g/mol. The standard InChI is InChI=1S/C12H8F5N/c13-11(14,12(15,16)17)9-3-1-8(2-4-9)10(7-18)5-6-10/h1-4H,5-6H2. The van der Waals surface area contributed by atoms with Crippen molar-refractivity contribution in [1.82, 2.24) is 0 Å². The third-order valence-electron chi connectivity index (χ3n) is 3.12. The Labute approximate surface area is 99.8 Å². The van der Waals surface area contributed by atoms with Crippen LogP contribution in [-0.2, 0) is 11.3 Å². The second-order valence-corrected chi connectivity index (χ2v) is 4.34. The van der Waals surface area contributed by atoms with E-state index in [1.807, 2.05) is 6.07 Å². The fraction of sp³-hybridized carbons (Fsp3) is 0.417. The second kappa shape index (κ2) is 3.67. The number of hydrogen-bond donors (Lipinski definition) is 0. The van der Waals surface area contributed by atoms with Crippen molar-refractivity contribution in [2.24, 2.45) is 0 Å². The molecule has 0 bridgehead atoms. The van der Waals surface area contributed by atoms with Gasteiger partial charge in [0.2, 0.25) is 0 Å². The van der Waals surface area contributed by atoms with E-state index in [0.29, 0.717) is 18.4 Å².